The summed E-state index contributed by atoms with van der Waals surface area (Å²) in [5, 5.41) is 25.5. The van der Waals surface area contributed by atoms with Crippen LogP contribution in [-0.2, 0) is 11.3 Å². The Hall–Kier alpha value is -6.79. The number of aryl methyl sites for hydroxylation is 2. The first-order valence-corrected chi connectivity index (χ1v) is 19.5. The van der Waals surface area contributed by atoms with Gasteiger partial charge in [-0.2, -0.15) is 0 Å². The lowest BCUT2D eigenvalue weighted by Gasteiger charge is -2.21. The van der Waals surface area contributed by atoms with Gasteiger partial charge in [0, 0.05) is 43.0 Å². The lowest BCUT2D eigenvalue weighted by atomic mass is 10.1. The van der Waals surface area contributed by atoms with E-state index < -0.39 is 6.09 Å². The molecule has 2 aromatic heterocycles. The van der Waals surface area contributed by atoms with Gasteiger partial charge in [-0.15, -0.1) is 0 Å². The topological polar surface area (TPSA) is 163 Å². The highest BCUT2D eigenvalue weighted by molar-refractivity contribution is 5.93. The van der Waals surface area contributed by atoms with E-state index in [2.05, 4.69) is 38.3 Å². The first-order valence-electron chi connectivity index (χ1n) is 19.5. The van der Waals surface area contributed by atoms with E-state index in [-0.39, 0.29) is 30.2 Å². The molecule has 4 heterocycles. The highest BCUT2D eigenvalue weighted by Gasteiger charge is 2.28. The maximum atomic E-state index is 12.3. The summed E-state index contributed by atoms with van der Waals surface area (Å²) in [6.07, 6.45) is 1.32. The number of nitrogens with one attached hydrogen (secondary N) is 1. The Morgan fingerprint density at radius 1 is 0.690 bits per heavy atom. The van der Waals surface area contributed by atoms with Crippen molar-refractivity contribution >= 4 is 39.5 Å². The molecule has 0 radical (unpaired) electrons. The van der Waals surface area contributed by atoms with Crippen LogP contribution in [0.2, 0.25) is 0 Å². The van der Waals surface area contributed by atoms with Gasteiger partial charge in [0.05, 0.1) is 28.2 Å². The van der Waals surface area contributed by atoms with Crippen LogP contribution in [0.3, 0.4) is 0 Å². The van der Waals surface area contributed by atoms with Crippen LogP contribution in [-0.4, -0.2) is 74.5 Å². The first-order chi connectivity index (χ1) is 28.2. The van der Waals surface area contributed by atoms with Crippen LogP contribution in [0.4, 0.5) is 16.4 Å². The second-order valence-electron chi connectivity index (χ2n) is 14.9. The molecule has 7 aromatic rings. The number of para-hydroxylation sites is 2. The van der Waals surface area contributed by atoms with Crippen LogP contribution in [0.1, 0.15) is 29.5 Å². The molecule has 2 aliphatic rings. The second-order valence-corrected chi connectivity index (χ2v) is 14.9. The molecule has 0 bridgehead atoms. The van der Waals surface area contributed by atoms with Gasteiger partial charge in [-0.05, 0) is 91.9 Å². The molecule has 2 unspecified atom stereocenters. The number of anilines is 2. The average molecular weight is 775 g/mol. The predicted octanol–water partition coefficient (Wildman–Crippen LogP) is 7.66. The van der Waals surface area contributed by atoms with Crippen molar-refractivity contribution in [3.63, 3.8) is 0 Å². The number of alkyl carbamates (subject to hydrolysis) is 1. The number of fused-ring (bicyclic) bond motifs is 2. The standard InChI is InChI=1S/C27H26N4O3.C19H20N4O/c1-18-11-12-21-23(15-18)29-25(22-9-5-6-10-24(22)32)30-26(21)31-14-13-20(16-31)28-27(33)34-17-19-7-3-2-4-8-19;1-12-6-7-14-16(10-12)21-18(15-4-2-3-5-17(15)24)22-19(14)23-9-8-13(20)11-23/h2-12,15,20,32H,13-14,16-17H2,1H3,(H,28,33);2-7,10,13,24H,8-9,11,20H2,1H3. The summed E-state index contributed by atoms with van der Waals surface area (Å²) in [7, 11) is 0. The van der Waals surface area contributed by atoms with E-state index in [1.807, 2.05) is 86.6 Å². The van der Waals surface area contributed by atoms with Crippen LogP contribution in [0.15, 0.2) is 115 Å². The minimum Gasteiger partial charge on any atom is -0.507 e. The van der Waals surface area contributed by atoms with Crippen molar-refractivity contribution < 1.29 is 19.7 Å². The molecule has 12 heteroatoms. The third-order valence-corrected chi connectivity index (χ3v) is 10.5. The quantitative estimate of drug-likeness (QED) is 0.126. The third kappa shape index (κ3) is 8.47. The van der Waals surface area contributed by atoms with E-state index >= 15 is 0 Å². The van der Waals surface area contributed by atoms with E-state index in [1.54, 1.807) is 24.3 Å². The minimum absolute atomic E-state index is 0.0488. The number of nitrogens with zero attached hydrogens (tertiary/aromatic N) is 6. The summed E-state index contributed by atoms with van der Waals surface area (Å²) in [5.74, 6) is 3.04. The molecule has 2 fully saturated rings. The fourth-order valence-corrected chi connectivity index (χ4v) is 7.48. The van der Waals surface area contributed by atoms with Crippen molar-refractivity contribution in [3.05, 3.63) is 132 Å². The Morgan fingerprint density at radius 2 is 1.21 bits per heavy atom. The van der Waals surface area contributed by atoms with Crippen molar-refractivity contribution in [1.29, 1.82) is 0 Å². The molecule has 2 saturated heterocycles. The van der Waals surface area contributed by atoms with Gasteiger partial charge in [-0.1, -0.05) is 66.7 Å². The largest absolute Gasteiger partial charge is 0.507 e. The molecule has 2 atom stereocenters. The molecule has 0 spiro atoms. The lowest BCUT2D eigenvalue weighted by molar-refractivity contribution is 0.136. The summed E-state index contributed by atoms with van der Waals surface area (Å²) in [5.41, 5.74) is 12.2. The van der Waals surface area contributed by atoms with Gasteiger partial charge in [-0.3, -0.25) is 0 Å². The fraction of sp³-hybridized carbons (Fsp3) is 0.239. The number of phenols is 2. The molecule has 294 valence electrons. The number of ether oxygens (including phenoxy) is 1. The second kappa shape index (κ2) is 16.7. The van der Waals surface area contributed by atoms with E-state index in [4.69, 9.17) is 25.4 Å². The van der Waals surface area contributed by atoms with Gasteiger partial charge in [0.25, 0.3) is 0 Å². The summed E-state index contributed by atoms with van der Waals surface area (Å²) >= 11 is 0. The summed E-state index contributed by atoms with van der Waals surface area (Å²) in [6.45, 7) is 7.35. The number of phenolic OH excluding ortho intramolecular Hbond substituents is 2. The van der Waals surface area contributed by atoms with Crippen LogP contribution in [0.25, 0.3) is 44.6 Å². The molecule has 5 aromatic carbocycles. The monoisotopic (exact) mass is 774 g/mol. The molecule has 0 saturated carbocycles. The molecule has 0 aliphatic carbocycles. The summed E-state index contributed by atoms with van der Waals surface area (Å²) < 4.78 is 5.38. The molecular formula is C46H46N8O4. The van der Waals surface area contributed by atoms with Gasteiger partial charge in [0.2, 0.25) is 0 Å². The number of aromatic hydroxyl groups is 2. The third-order valence-electron chi connectivity index (χ3n) is 10.5. The van der Waals surface area contributed by atoms with Crippen molar-refractivity contribution in [3.8, 4) is 34.3 Å². The number of carbonyl (C=O) groups is 1. The van der Waals surface area contributed by atoms with Gasteiger partial charge in [0.15, 0.2) is 11.6 Å². The van der Waals surface area contributed by atoms with Crippen LogP contribution < -0.4 is 20.9 Å². The van der Waals surface area contributed by atoms with Crippen molar-refractivity contribution in [1.82, 2.24) is 25.3 Å². The zero-order chi connectivity index (χ0) is 40.2. The van der Waals surface area contributed by atoms with Gasteiger partial charge < -0.3 is 35.8 Å². The maximum Gasteiger partial charge on any atom is 0.407 e. The van der Waals surface area contributed by atoms with E-state index in [9.17, 15) is 15.0 Å². The Labute approximate surface area is 337 Å². The van der Waals surface area contributed by atoms with Crippen LogP contribution in [0.5, 0.6) is 11.5 Å². The Balaban J connectivity index is 0.000000172. The average Bonchev–Trinajstić information content (AvgIpc) is 3.89. The molecule has 5 N–H and O–H groups in total. The zero-order valence-corrected chi connectivity index (χ0v) is 32.5. The van der Waals surface area contributed by atoms with Crippen LogP contribution >= 0.6 is 0 Å². The van der Waals surface area contributed by atoms with E-state index in [0.29, 0.717) is 29.3 Å². The Kier molecular flexibility index (Phi) is 11.0. The zero-order valence-electron chi connectivity index (χ0n) is 32.5. The highest BCUT2D eigenvalue weighted by Crippen LogP contribution is 2.35. The number of rotatable bonds is 7. The van der Waals surface area contributed by atoms with Gasteiger partial charge in [-0.25, -0.2) is 24.7 Å². The number of carbonyl (C=O) groups excluding carboxylic acids is 1. The highest BCUT2D eigenvalue weighted by atomic mass is 16.5. The number of amides is 1. The number of hydrogen-bond acceptors (Lipinski definition) is 11. The predicted molar refractivity (Wildman–Crippen MR) is 228 cm³/mol. The van der Waals surface area contributed by atoms with Crippen molar-refractivity contribution in [2.45, 2.75) is 45.4 Å². The molecule has 58 heavy (non-hydrogen) atoms. The van der Waals surface area contributed by atoms with Gasteiger partial charge in [0.1, 0.15) is 29.7 Å². The number of benzene rings is 5. The molecule has 2 aliphatic heterocycles. The van der Waals surface area contributed by atoms with Crippen LogP contribution in [0, 0.1) is 13.8 Å². The molecule has 9 rings (SSSR count). The number of aromatic nitrogens is 4. The lowest BCUT2D eigenvalue weighted by Crippen LogP contribution is -2.37. The van der Waals surface area contributed by atoms with Gasteiger partial charge >= 0.3 is 6.09 Å². The summed E-state index contributed by atoms with van der Waals surface area (Å²) in [4.78, 5) is 35.8. The number of nitrogens with two attached hydrogens (primary N) is 1. The van der Waals surface area contributed by atoms with E-state index in [0.717, 1.165) is 82.6 Å². The minimum atomic E-state index is -0.422. The van der Waals surface area contributed by atoms with Crippen molar-refractivity contribution in [2.24, 2.45) is 5.73 Å². The molecular weight excluding hydrogens is 729 g/mol. The SMILES string of the molecule is Cc1ccc2c(N3CCC(N)C3)nc(-c3ccccc3O)nc2c1.Cc1ccc2c(N3CCC(NC(=O)OCc4ccccc4)C3)nc(-c3ccccc3O)nc2c1. The maximum absolute atomic E-state index is 12.3. The molecule has 1 amide bonds. The Bertz CT molecular complexity index is 2590. The fourth-order valence-electron chi connectivity index (χ4n) is 7.48. The number of hydrogen-bond donors (Lipinski definition) is 4. The molecule has 12 nitrogen and oxygen atoms in total. The summed E-state index contributed by atoms with van der Waals surface area (Å²) in [6, 6.07) is 36.3. The van der Waals surface area contributed by atoms with Crippen molar-refractivity contribution in [2.75, 3.05) is 36.0 Å². The van der Waals surface area contributed by atoms with E-state index in [1.165, 1.54) is 0 Å². The normalized spacial score (nSPS) is 16.3. The smallest absolute Gasteiger partial charge is 0.407 e. The Morgan fingerprint density at radius 3 is 1.74 bits per heavy atom. The first kappa shape index (κ1) is 38.1.